The monoisotopic (exact) mass is 441 g/mol. The molecule has 2 aromatic rings. The Labute approximate surface area is 187 Å². The van der Waals surface area contributed by atoms with Crippen molar-refractivity contribution in [2.24, 2.45) is 18.9 Å². The van der Waals surface area contributed by atoms with Crippen molar-refractivity contribution in [3.05, 3.63) is 23.9 Å². The van der Waals surface area contributed by atoms with Gasteiger partial charge in [-0.25, -0.2) is 4.39 Å². The molecule has 0 aliphatic carbocycles. The lowest BCUT2D eigenvalue weighted by molar-refractivity contribution is -0.134. The number of hydrogen-bond donors (Lipinski definition) is 2. The zero-order valence-electron chi connectivity index (χ0n) is 18.6. The van der Waals surface area contributed by atoms with Gasteiger partial charge < -0.3 is 10.2 Å². The summed E-state index contributed by atoms with van der Waals surface area (Å²) in [6.45, 7) is 3.41. The van der Waals surface area contributed by atoms with Crippen LogP contribution in [0.5, 0.6) is 0 Å². The molecule has 2 N–H and O–H groups in total. The molecule has 8 heteroatoms. The fourth-order valence-corrected chi connectivity index (χ4v) is 5.68. The molecule has 0 radical (unpaired) electrons. The molecule has 7 nitrogen and oxygen atoms in total. The van der Waals surface area contributed by atoms with Gasteiger partial charge >= 0.3 is 0 Å². The molecule has 1 aromatic carbocycles. The van der Waals surface area contributed by atoms with Gasteiger partial charge in [0.15, 0.2) is 0 Å². The molecular weight excluding hydrogens is 409 g/mol. The number of halogens is 1. The quantitative estimate of drug-likeness (QED) is 0.714. The van der Waals surface area contributed by atoms with Crippen molar-refractivity contribution in [1.82, 2.24) is 20.4 Å². The Balaban J connectivity index is 1.27. The molecule has 32 heavy (non-hydrogen) atoms. The van der Waals surface area contributed by atoms with Crippen LogP contribution in [-0.4, -0.2) is 53.9 Å². The van der Waals surface area contributed by atoms with Crippen molar-refractivity contribution in [1.29, 1.82) is 0 Å². The Morgan fingerprint density at radius 2 is 1.97 bits per heavy atom. The zero-order chi connectivity index (χ0) is 22.2. The fourth-order valence-electron chi connectivity index (χ4n) is 5.68. The van der Waals surface area contributed by atoms with E-state index in [0.717, 1.165) is 61.9 Å². The van der Waals surface area contributed by atoms with Gasteiger partial charge in [0, 0.05) is 44.2 Å². The number of fused-ring (bicyclic) bond motifs is 1. The van der Waals surface area contributed by atoms with Crippen LogP contribution in [0, 0.1) is 11.8 Å². The molecule has 172 valence electrons. The first kappa shape index (κ1) is 21.4. The lowest BCUT2D eigenvalue weighted by Crippen LogP contribution is -2.40. The smallest absolute Gasteiger partial charge is 0.235 e. The van der Waals surface area contributed by atoms with Gasteiger partial charge in [-0.2, -0.15) is 5.10 Å². The third-order valence-corrected chi connectivity index (χ3v) is 7.59. The van der Waals surface area contributed by atoms with E-state index >= 15 is 0 Å². The topological polar surface area (TPSA) is 79.3 Å². The van der Waals surface area contributed by atoms with Crippen molar-refractivity contribution < 1.29 is 14.0 Å². The van der Waals surface area contributed by atoms with E-state index in [9.17, 15) is 14.0 Å². The third kappa shape index (κ3) is 4.12. The molecule has 0 saturated carbocycles. The predicted molar refractivity (Wildman–Crippen MR) is 121 cm³/mol. The molecule has 3 aliphatic heterocycles. The van der Waals surface area contributed by atoms with E-state index in [-0.39, 0.29) is 23.7 Å². The summed E-state index contributed by atoms with van der Waals surface area (Å²) in [6, 6.07) is 6.33. The highest BCUT2D eigenvalue weighted by molar-refractivity contribution is 6.02. The predicted octanol–water partition coefficient (Wildman–Crippen LogP) is 2.65. The first-order chi connectivity index (χ1) is 15.5. The van der Waals surface area contributed by atoms with E-state index in [1.54, 1.807) is 0 Å². The Morgan fingerprint density at radius 3 is 2.72 bits per heavy atom. The third-order valence-electron chi connectivity index (χ3n) is 7.59. The Kier molecular flexibility index (Phi) is 5.88. The van der Waals surface area contributed by atoms with E-state index in [4.69, 9.17) is 0 Å². The highest BCUT2D eigenvalue weighted by Gasteiger charge is 2.32. The maximum atomic E-state index is 14.2. The minimum absolute atomic E-state index is 0.209. The van der Waals surface area contributed by atoms with Gasteiger partial charge in [-0.15, -0.1) is 0 Å². The second kappa shape index (κ2) is 8.81. The van der Waals surface area contributed by atoms with Gasteiger partial charge in [0.25, 0.3) is 0 Å². The molecule has 4 heterocycles. The average molecular weight is 442 g/mol. The summed E-state index contributed by atoms with van der Waals surface area (Å²) in [5.41, 5.74) is 2.92. The number of aryl methyl sites for hydroxylation is 1. The second-order valence-corrected chi connectivity index (χ2v) is 9.65. The van der Waals surface area contributed by atoms with E-state index in [1.807, 2.05) is 11.7 Å². The Bertz CT molecular complexity index is 1010. The SMILES string of the molecule is Cn1nc(C2CCC(=O)NC2=O)c2ccc(N3CCC(CC4CCNCC4F)CC3)cc21. The van der Waals surface area contributed by atoms with Crippen LogP contribution in [0.4, 0.5) is 10.1 Å². The number of alkyl halides is 1. The van der Waals surface area contributed by atoms with Gasteiger partial charge in [-0.1, -0.05) is 0 Å². The van der Waals surface area contributed by atoms with Crippen molar-refractivity contribution in [3.8, 4) is 0 Å². The molecule has 3 saturated heterocycles. The number of aromatic nitrogens is 2. The van der Waals surface area contributed by atoms with Crippen LogP contribution in [0.1, 0.15) is 50.1 Å². The number of nitrogens with zero attached hydrogens (tertiary/aromatic N) is 3. The summed E-state index contributed by atoms with van der Waals surface area (Å²) in [4.78, 5) is 26.3. The van der Waals surface area contributed by atoms with Crippen molar-refractivity contribution in [2.45, 2.75) is 50.6 Å². The molecule has 3 aliphatic rings. The number of rotatable bonds is 4. The minimum atomic E-state index is -0.701. The Morgan fingerprint density at radius 1 is 1.16 bits per heavy atom. The maximum Gasteiger partial charge on any atom is 0.235 e. The molecule has 3 unspecified atom stereocenters. The minimum Gasteiger partial charge on any atom is -0.371 e. The number of piperidine rings is 3. The van der Waals surface area contributed by atoms with Crippen LogP contribution in [-0.2, 0) is 16.6 Å². The van der Waals surface area contributed by atoms with Gasteiger partial charge in [0.1, 0.15) is 6.17 Å². The van der Waals surface area contributed by atoms with Crippen LogP contribution in [0.15, 0.2) is 18.2 Å². The largest absolute Gasteiger partial charge is 0.371 e. The number of benzene rings is 1. The van der Waals surface area contributed by atoms with E-state index in [1.165, 1.54) is 5.69 Å². The van der Waals surface area contributed by atoms with Crippen LogP contribution < -0.4 is 15.5 Å². The molecule has 0 spiro atoms. The molecule has 1 aromatic heterocycles. The van der Waals surface area contributed by atoms with Gasteiger partial charge in [-0.05, 0) is 68.7 Å². The van der Waals surface area contributed by atoms with Crippen molar-refractivity contribution in [3.63, 3.8) is 0 Å². The van der Waals surface area contributed by atoms with Crippen LogP contribution in [0.3, 0.4) is 0 Å². The maximum absolute atomic E-state index is 14.2. The number of anilines is 1. The second-order valence-electron chi connectivity index (χ2n) is 9.65. The average Bonchev–Trinajstić information content (AvgIpc) is 3.11. The highest BCUT2D eigenvalue weighted by atomic mass is 19.1. The van der Waals surface area contributed by atoms with Gasteiger partial charge in [-0.3, -0.25) is 19.6 Å². The van der Waals surface area contributed by atoms with E-state index < -0.39 is 6.17 Å². The molecule has 5 rings (SSSR count). The summed E-state index contributed by atoms with van der Waals surface area (Å²) < 4.78 is 16.0. The van der Waals surface area contributed by atoms with Crippen LogP contribution >= 0.6 is 0 Å². The Hall–Kier alpha value is -2.48. The number of amides is 2. The lowest BCUT2D eigenvalue weighted by Gasteiger charge is -2.36. The lowest BCUT2D eigenvalue weighted by atomic mass is 9.82. The first-order valence-corrected chi connectivity index (χ1v) is 11.9. The van der Waals surface area contributed by atoms with Crippen LogP contribution in [0.25, 0.3) is 10.9 Å². The zero-order valence-corrected chi connectivity index (χ0v) is 18.6. The standard InChI is InChI=1S/C24H32FN5O2/c1-29-21-13-17(2-3-18(21)23(28-29)19-4-5-22(31)27-24(19)32)30-10-7-15(8-11-30)12-16-6-9-26-14-20(16)25/h2-3,13,15-16,19-20,26H,4-12,14H2,1H3,(H,27,31,32). The molecule has 0 bridgehead atoms. The summed E-state index contributed by atoms with van der Waals surface area (Å²) in [5.74, 6) is -0.0280. The van der Waals surface area contributed by atoms with E-state index in [0.29, 0.717) is 25.3 Å². The number of nitrogens with one attached hydrogen (secondary N) is 2. The van der Waals surface area contributed by atoms with Gasteiger partial charge in [0.05, 0.1) is 17.1 Å². The summed E-state index contributed by atoms with van der Waals surface area (Å²) in [6.07, 6.45) is 4.31. The number of carbonyl (C=O) groups is 2. The highest BCUT2D eigenvalue weighted by Crippen LogP contribution is 2.35. The van der Waals surface area contributed by atoms with Gasteiger partial charge in [0.2, 0.25) is 11.8 Å². The number of carbonyl (C=O) groups excluding carboxylic acids is 2. The summed E-state index contributed by atoms with van der Waals surface area (Å²) >= 11 is 0. The number of imide groups is 1. The molecule has 3 atom stereocenters. The molecular formula is C24H32FN5O2. The van der Waals surface area contributed by atoms with Crippen molar-refractivity contribution in [2.75, 3.05) is 31.1 Å². The summed E-state index contributed by atoms with van der Waals surface area (Å²) in [5, 5.41) is 11.2. The first-order valence-electron chi connectivity index (χ1n) is 11.9. The van der Waals surface area contributed by atoms with Crippen molar-refractivity contribution >= 4 is 28.4 Å². The normalized spacial score (nSPS) is 27.7. The summed E-state index contributed by atoms with van der Waals surface area (Å²) in [7, 11) is 1.90. The van der Waals surface area contributed by atoms with E-state index in [2.05, 4.69) is 38.8 Å². The fraction of sp³-hybridized carbons (Fsp3) is 0.625. The van der Waals surface area contributed by atoms with Crippen LogP contribution in [0.2, 0.25) is 0 Å². The molecule has 3 fully saturated rings. The molecule has 2 amide bonds. The number of hydrogen-bond acceptors (Lipinski definition) is 5.